The van der Waals surface area contributed by atoms with Gasteiger partial charge in [0.15, 0.2) is 0 Å². The fourth-order valence-electron chi connectivity index (χ4n) is 18.1. The van der Waals surface area contributed by atoms with Gasteiger partial charge in [-0.05, 0) is 251 Å². The third-order valence-electron chi connectivity index (χ3n) is 24.3. The summed E-state index contributed by atoms with van der Waals surface area (Å²) in [4.78, 5) is 5.91. The molecule has 1 saturated heterocycles. The summed E-state index contributed by atoms with van der Waals surface area (Å²) >= 11 is 3.48. The van der Waals surface area contributed by atoms with Crippen molar-refractivity contribution in [3.05, 3.63) is 385 Å². The van der Waals surface area contributed by atoms with Crippen LogP contribution < -0.4 is 15.3 Å². The second-order valence-corrected chi connectivity index (χ2v) is 36.1. The van der Waals surface area contributed by atoms with Crippen LogP contribution in [-0.2, 0) is 29.0 Å². The number of sulfone groups is 2. The van der Waals surface area contributed by atoms with Crippen molar-refractivity contribution in [1.29, 1.82) is 0 Å². The zero-order valence-corrected chi connectivity index (χ0v) is 67.4. The standard InChI is InChI=1S/C49H31NO2S.C30H20BrNO2S.C24H22BNO2.FH/c51-53(52)46-26-21-32(31-18-23-37(24-19-31)50(35-10-3-1-4-11-35)36-12-5-2-6-13-36)29-44(46)45-30-34(22-27-47(45)53)33-20-25-42-43(28-33)41-17-9-16-40-38-14-7-8-15-39(38)49(42)48(40)41;31-23-14-18-30-28(20-23)27-19-22(13-17-29(27)35(30,33)34)21-11-15-26(16-12-21)32(24-7-3-1-4-8-24)25-9-5-2-6-10-25;1-23(2)24(3,4)28-25(27-23)15-12-13-21-19(14-15)18-10-7-9-17-16-8-5-6-11-20(16)26(21)22(17)18;/h1-30,49H;1-20H;5-14H,1-4H3;1H. The summed E-state index contributed by atoms with van der Waals surface area (Å²) in [6, 6.07) is 125. The highest BCUT2D eigenvalue weighted by molar-refractivity contribution is 9.10. The van der Waals surface area contributed by atoms with Crippen LogP contribution in [0.1, 0.15) is 50.3 Å². The van der Waals surface area contributed by atoms with Crippen LogP contribution in [0.15, 0.2) is 388 Å². The van der Waals surface area contributed by atoms with Crippen molar-refractivity contribution in [3.8, 4) is 77.9 Å². The molecule has 0 saturated carbocycles. The first-order valence-corrected chi connectivity index (χ1v) is 42.8. The quantitative estimate of drug-likeness (QED) is 0.125. The SMILES string of the molecule is CC1(C)OB(c2ccc3c(c2)c2cccc4c5ccccc5n3c42)OC1(C)C.F.O=S1(=O)c2ccc(-c3ccc(N(c4ccccc4)c4ccccc4)cc3)cc2-c2cc(-c3ccc4c(c3)-c3cccc5c3C4c3ccccc3-5)ccc21.O=S1(=O)c2ccc(Br)cc2-c2cc(-c3ccc(N(c4ccccc4)c4ccccc4)cc3)ccc21. The number of hydrogen-bond acceptors (Lipinski definition) is 8. The summed E-state index contributed by atoms with van der Waals surface area (Å²) in [6.45, 7) is 8.38. The minimum Gasteiger partial charge on any atom is -0.399 e. The first-order valence-electron chi connectivity index (χ1n) is 39.1. The Bertz CT molecular complexity index is 7180. The molecular formula is C103H74BBrFN3O6S2. The Hall–Kier alpha value is -12.8. The fraction of sp³-hybridized carbons (Fsp3) is 0.0680. The average Bonchev–Trinajstić information content (AvgIpc) is 1.54. The Morgan fingerprint density at radius 2 is 0.675 bits per heavy atom. The second-order valence-electron chi connectivity index (χ2n) is 31.4. The highest BCUT2D eigenvalue weighted by Gasteiger charge is 2.52. The van der Waals surface area contributed by atoms with Crippen molar-refractivity contribution in [1.82, 2.24) is 4.40 Å². The van der Waals surface area contributed by atoms with E-state index in [1.807, 2.05) is 109 Å². The monoisotopic (exact) mass is 1620 g/mol. The summed E-state index contributed by atoms with van der Waals surface area (Å²) < 4.78 is 69.5. The molecule has 1 unspecified atom stereocenters. The Morgan fingerprint density at radius 1 is 0.316 bits per heavy atom. The highest BCUT2D eigenvalue weighted by atomic mass is 79.9. The summed E-state index contributed by atoms with van der Waals surface area (Å²) in [5.41, 5.74) is 29.0. The maximum Gasteiger partial charge on any atom is 0.494 e. The minimum atomic E-state index is -3.63. The van der Waals surface area contributed by atoms with Crippen LogP contribution in [0.25, 0.3) is 116 Å². The van der Waals surface area contributed by atoms with E-state index in [9.17, 15) is 16.8 Å². The lowest BCUT2D eigenvalue weighted by Crippen LogP contribution is -2.41. The average molecular weight is 1620 g/mol. The van der Waals surface area contributed by atoms with Gasteiger partial charge in [0.05, 0.1) is 47.3 Å². The van der Waals surface area contributed by atoms with Crippen LogP contribution in [0, 0.1) is 0 Å². The topological polar surface area (TPSA) is 97.6 Å². The molecule has 0 radical (unpaired) electrons. The van der Waals surface area contributed by atoms with E-state index in [0.717, 1.165) is 99.7 Å². The number of halogens is 2. The largest absolute Gasteiger partial charge is 0.494 e. The molecule has 0 amide bonds. The van der Waals surface area contributed by atoms with Crippen LogP contribution >= 0.6 is 15.9 Å². The third kappa shape index (κ3) is 11.9. The molecule has 18 aromatic rings. The van der Waals surface area contributed by atoms with Crippen LogP contribution in [0.5, 0.6) is 0 Å². The van der Waals surface area contributed by atoms with Crippen molar-refractivity contribution in [2.75, 3.05) is 9.80 Å². The predicted octanol–water partition coefficient (Wildman–Crippen LogP) is 26.1. The lowest BCUT2D eigenvalue weighted by Gasteiger charge is -2.32. The normalized spacial score (nSPS) is 15.2. The first-order chi connectivity index (χ1) is 56.4. The predicted molar refractivity (Wildman–Crippen MR) is 479 cm³/mol. The van der Waals surface area contributed by atoms with Crippen LogP contribution in [-0.4, -0.2) is 39.6 Å². The Balaban J connectivity index is 0.000000119. The minimum absolute atomic E-state index is 0. The molecule has 0 bridgehead atoms. The molecule has 5 heterocycles. The lowest BCUT2D eigenvalue weighted by atomic mass is 9.78. The molecule has 23 rings (SSSR count). The van der Waals surface area contributed by atoms with Crippen LogP contribution in [0.4, 0.5) is 38.8 Å². The fourth-order valence-corrected chi connectivity index (χ4v) is 21.7. The van der Waals surface area contributed by atoms with Crippen molar-refractivity contribution < 1.29 is 30.8 Å². The number of anilines is 6. The molecule has 9 nitrogen and oxygen atoms in total. The number of fused-ring (bicyclic) bond motifs is 18. The Morgan fingerprint density at radius 3 is 1.19 bits per heavy atom. The van der Waals surface area contributed by atoms with Gasteiger partial charge >= 0.3 is 7.12 Å². The van der Waals surface area contributed by atoms with E-state index in [4.69, 9.17) is 9.31 Å². The van der Waals surface area contributed by atoms with Crippen LogP contribution in [0.2, 0.25) is 0 Å². The van der Waals surface area contributed by atoms with Crippen molar-refractivity contribution in [2.45, 2.75) is 64.4 Å². The zero-order chi connectivity index (χ0) is 78.5. The van der Waals surface area contributed by atoms with Gasteiger partial charge < -0.3 is 23.5 Å². The molecule has 2 aliphatic carbocycles. The van der Waals surface area contributed by atoms with E-state index in [-0.39, 0.29) is 28.9 Å². The lowest BCUT2D eigenvalue weighted by molar-refractivity contribution is 0.00578. The Labute approximate surface area is 687 Å². The molecule has 1 atom stereocenters. The Kier molecular flexibility index (Phi) is 17.5. The van der Waals surface area contributed by atoms with Crippen LogP contribution in [0.3, 0.4) is 0 Å². The zero-order valence-electron chi connectivity index (χ0n) is 64.2. The molecule has 1 fully saturated rings. The molecule has 16 aromatic carbocycles. The summed E-state index contributed by atoms with van der Waals surface area (Å²) in [6.07, 6.45) is 0. The summed E-state index contributed by atoms with van der Waals surface area (Å²) in [5, 5.41) is 5.14. The molecule has 2 aromatic heterocycles. The highest BCUT2D eigenvalue weighted by Crippen LogP contribution is 2.59. The molecule has 566 valence electrons. The van der Waals surface area contributed by atoms with E-state index >= 15 is 0 Å². The van der Waals surface area contributed by atoms with E-state index in [2.05, 4.69) is 282 Å². The van der Waals surface area contributed by atoms with E-state index < -0.39 is 19.7 Å². The van der Waals surface area contributed by atoms with Gasteiger partial charge in [-0.15, -0.1) is 0 Å². The maximum absolute atomic E-state index is 13.8. The van der Waals surface area contributed by atoms with Crippen molar-refractivity contribution >= 4 is 120 Å². The summed E-state index contributed by atoms with van der Waals surface area (Å²) in [7, 11) is -7.46. The molecule has 14 heteroatoms. The number of rotatable bonds is 10. The molecular weight excluding hydrogens is 1550 g/mol. The number of hydrogen-bond donors (Lipinski definition) is 0. The number of para-hydroxylation sites is 6. The van der Waals surface area contributed by atoms with Crippen molar-refractivity contribution in [3.63, 3.8) is 0 Å². The van der Waals surface area contributed by atoms with Gasteiger partial charge in [-0.3, -0.25) is 4.70 Å². The van der Waals surface area contributed by atoms with Gasteiger partial charge in [0.1, 0.15) is 0 Å². The third-order valence-corrected chi connectivity index (χ3v) is 28.5. The molecule has 0 spiro atoms. The van der Waals surface area contributed by atoms with E-state index in [1.54, 1.807) is 30.3 Å². The van der Waals surface area contributed by atoms with Gasteiger partial charge in [-0.2, -0.15) is 0 Å². The van der Waals surface area contributed by atoms with Gasteiger partial charge in [-0.1, -0.05) is 234 Å². The maximum atomic E-state index is 13.8. The number of nitrogens with zero attached hydrogens (tertiary/aromatic N) is 3. The number of benzene rings is 16. The van der Waals surface area contributed by atoms with Gasteiger partial charge in [0.25, 0.3) is 0 Å². The van der Waals surface area contributed by atoms with Gasteiger partial charge in [-0.25, -0.2) is 16.8 Å². The van der Waals surface area contributed by atoms with Gasteiger partial charge in [0, 0.05) is 88.3 Å². The van der Waals surface area contributed by atoms with E-state index in [0.29, 0.717) is 19.6 Å². The van der Waals surface area contributed by atoms with E-state index in [1.165, 1.54) is 77.0 Å². The molecule has 117 heavy (non-hydrogen) atoms. The summed E-state index contributed by atoms with van der Waals surface area (Å²) in [5.74, 6) is 0.255. The van der Waals surface area contributed by atoms with Crippen molar-refractivity contribution in [2.24, 2.45) is 0 Å². The molecule has 3 aliphatic heterocycles. The van der Waals surface area contributed by atoms with Gasteiger partial charge in [0.2, 0.25) is 19.7 Å². The number of aromatic nitrogens is 1. The first kappa shape index (κ1) is 73.1. The molecule has 0 N–H and O–H groups in total. The second kappa shape index (κ2) is 28.0. The smallest absolute Gasteiger partial charge is 0.399 e. The molecule has 5 aliphatic rings.